The number of hydrogen-bond acceptors (Lipinski definition) is 4. The summed E-state index contributed by atoms with van der Waals surface area (Å²) in [6, 6.07) is 5.70. The molecule has 5 heteroatoms. The van der Waals surface area contributed by atoms with E-state index in [0.29, 0.717) is 0 Å². The van der Waals surface area contributed by atoms with Crippen LogP contribution in [-0.2, 0) is 8.92 Å². The van der Waals surface area contributed by atoms with Crippen LogP contribution in [0.2, 0.25) is 0 Å². The zero-order chi connectivity index (χ0) is 8.69. The van der Waals surface area contributed by atoms with Crippen molar-refractivity contribution in [1.82, 2.24) is 0 Å². The quantitative estimate of drug-likeness (QED) is 0.438. The predicted molar refractivity (Wildman–Crippen MR) is 36.9 cm³/mol. The van der Waals surface area contributed by atoms with E-state index in [1.165, 1.54) is 24.3 Å². The Balaban J connectivity index is 0.000000292. The molecule has 0 fully saturated rings. The van der Waals surface area contributed by atoms with Gasteiger partial charge in [-0.3, -0.25) is 8.92 Å². The van der Waals surface area contributed by atoms with Gasteiger partial charge in [0.2, 0.25) is 0 Å². The van der Waals surface area contributed by atoms with Crippen LogP contribution in [0.1, 0.15) is 0 Å². The Bertz CT molecular complexity index is 216. The number of hydrogen-bond donors (Lipinski definition) is 2. The highest BCUT2D eigenvalue weighted by molar-refractivity contribution is 5.94. The van der Waals surface area contributed by atoms with Gasteiger partial charge in [-0.1, -0.05) is 0 Å². The van der Waals surface area contributed by atoms with E-state index in [1.807, 2.05) is 0 Å². The summed E-state index contributed by atoms with van der Waals surface area (Å²) in [5.41, 5.74) is 0. The molecule has 0 saturated heterocycles. The maximum atomic E-state index is 8.65. The van der Waals surface area contributed by atoms with Gasteiger partial charge >= 0.3 is 9.29 Å². The molecule has 0 aliphatic heterocycles. The molecule has 0 bridgehead atoms. The molecule has 11 heavy (non-hydrogen) atoms. The first-order valence-corrected chi connectivity index (χ1v) is 3.49. The van der Waals surface area contributed by atoms with E-state index in [-0.39, 0.29) is 11.5 Å². The van der Waals surface area contributed by atoms with E-state index in [0.717, 1.165) is 0 Å². The van der Waals surface area contributed by atoms with Crippen LogP contribution in [0.15, 0.2) is 24.3 Å². The van der Waals surface area contributed by atoms with Gasteiger partial charge in [-0.2, -0.15) is 0 Å². The number of benzene rings is 1. The average Bonchev–Trinajstić information content (AvgIpc) is 1.97. The first-order valence-electron chi connectivity index (χ1n) is 2.68. The van der Waals surface area contributed by atoms with Crippen molar-refractivity contribution in [3.63, 3.8) is 0 Å². The Kier molecular flexibility index (Phi) is 4.75. The summed E-state index contributed by atoms with van der Waals surface area (Å²) in [5, 5.41) is 17.3. The van der Waals surface area contributed by atoms with Crippen molar-refractivity contribution in [2.24, 2.45) is 0 Å². The Morgan fingerprint density at radius 3 is 1.27 bits per heavy atom. The molecule has 1 aromatic carbocycles. The molecule has 0 aliphatic rings. The lowest BCUT2D eigenvalue weighted by atomic mass is 10.3. The topological polar surface area (TPSA) is 74.6 Å². The van der Waals surface area contributed by atoms with Crippen molar-refractivity contribution >= 4 is 9.29 Å². The molecular weight excluding hydrogens is 164 g/mol. The van der Waals surface area contributed by atoms with Crippen LogP contribution in [0.3, 0.4) is 0 Å². The average molecular weight is 170 g/mol. The van der Waals surface area contributed by atoms with Crippen molar-refractivity contribution in [1.29, 1.82) is 0 Å². The molecule has 4 nitrogen and oxygen atoms in total. The fourth-order valence-corrected chi connectivity index (χ4v) is 0.453. The molecule has 1 rings (SSSR count). The number of rotatable bonds is 0. The third-order valence-electron chi connectivity index (χ3n) is 0.850. The maximum Gasteiger partial charge on any atom is 0.549 e. The van der Waals surface area contributed by atoms with Crippen LogP contribution in [0.4, 0.5) is 0 Å². The van der Waals surface area contributed by atoms with E-state index < -0.39 is 9.29 Å². The maximum absolute atomic E-state index is 8.65. The van der Waals surface area contributed by atoms with Gasteiger partial charge in [0.25, 0.3) is 0 Å². The third-order valence-corrected chi connectivity index (χ3v) is 0.850. The van der Waals surface area contributed by atoms with Crippen molar-refractivity contribution < 1.29 is 19.1 Å². The smallest absolute Gasteiger partial charge is 0.508 e. The fraction of sp³-hybridized carbons (Fsp3) is 0. The van der Waals surface area contributed by atoms with Gasteiger partial charge in [0.05, 0.1) is 0 Å². The van der Waals surface area contributed by atoms with Gasteiger partial charge in [0.1, 0.15) is 11.5 Å². The zero-order valence-corrected chi connectivity index (χ0v) is 6.52. The second-order valence-corrected chi connectivity index (χ2v) is 1.77. The summed E-state index contributed by atoms with van der Waals surface area (Å²) in [6.07, 6.45) is 0. The molecule has 0 atom stereocenters. The molecule has 0 aliphatic carbocycles. The zero-order valence-electron chi connectivity index (χ0n) is 5.52. The van der Waals surface area contributed by atoms with E-state index >= 15 is 0 Å². The first kappa shape index (κ1) is 9.64. The molecule has 1 aromatic rings. The Hall–Kier alpha value is -1.36. The van der Waals surface area contributed by atoms with E-state index in [2.05, 4.69) is 0 Å². The van der Waals surface area contributed by atoms with Crippen molar-refractivity contribution in [2.75, 3.05) is 0 Å². The number of phenolic OH excluding ortho intramolecular Hbond substituents is 2. The second kappa shape index (κ2) is 5.42. The number of aromatic hydroxyl groups is 2. The van der Waals surface area contributed by atoms with Gasteiger partial charge in [-0.05, 0) is 24.3 Å². The van der Waals surface area contributed by atoms with Crippen LogP contribution in [-0.4, -0.2) is 19.5 Å². The minimum Gasteiger partial charge on any atom is -0.508 e. The fourth-order valence-electron chi connectivity index (χ4n) is 0.453. The van der Waals surface area contributed by atoms with Crippen LogP contribution in [0.5, 0.6) is 11.5 Å². The molecule has 0 amide bonds. The molecular formula is C6H6O4Si. The number of phenols is 2. The Labute approximate surface area is 65.1 Å². The van der Waals surface area contributed by atoms with Gasteiger partial charge in [-0.25, -0.2) is 0 Å². The van der Waals surface area contributed by atoms with Crippen LogP contribution < -0.4 is 0 Å². The standard InChI is InChI=1S/C6H6O2.O2Si/c7-5-1-2-6(8)4-3-5;1-3-2/h1-4,7-8H;. The van der Waals surface area contributed by atoms with E-state index in [1.54, 1.807) is 0 Å². The monoisotopic (exact) mass is 170 g/mol. The summed E-state index contributed by atoms with van der Waals surface area (Å²) >= 11 is 0. The molecule has 0 saturated carbocycles. The predicted octanol–water partition coefficient (Wildman–Crippen LogP) is 0.479. The largest absolute Gasteiger partial charge is 0.549 e. The summed E-state index contributed by atoms with van der Waals surface area (Å²) < 4.78 is 16.8. The van der Waals surface area contributed by atoms with Gasteiger partial charge < -0.3 is 10.2 Å². The van der Waals surface area contributed by atoms with Crippen LogP contribution >= 0.6 is 0 Å². The van der Waals surface area contributed by atoms with Gasteiger partial charge in [-0.15, -0.1) is 0 Å². The van der Waals surface area contributed by atoms with Crippen LogP contribution in [0.25, 0.3) is 0 Å². The van der Waals surface area contributed by atoms with Gasteiger partial charge in [0, 0.05) is 0 Å². The lowest BCUT2D eigenvalue weighted by Gasteiger charge is -1.88. The molecule has 0 heterocycles. The molecule has 0 spiro atoms. The summed E-state index contributed by atoms with van der Waals surface area (Å²) in [4.78, 5) is 0. The van der Waals surface area contributed by atoms with Crippen LogP contribution in [0, 0.1) is 0 Å². The molecule has 0 unspecified atom stereocenters. The highest BCUT2D eigenvalue weighted by Gasteiger charge is 1.84. The Morgan fingerprint density at radius 2 is 1.09 bits per heavy atom. The lowest BCUT2D eigenvalue weighted by Crippen LogP contribution is -1.61. The molecule has 2 N–H and O–H groups in total. The SMILES string of the molecule is O=[Si]=O.Oc1ccc(O)cc1. The minimum atomic E-state index is -1.42. The molecule has 0 aromatic heterocycles. The second-order valence-electron chi connectivity index (χ2n) is 1.60. The van der Waals surface area contributed by atoms with Crippen molar-refractivity contribution in [3.8, 4) is 11.5 Å². The summed E-state index contributed by atoms with van der Waals surface area (Å²) in [5.74, 6) is 0.339. The van der Waals surface area contributed by atoms with Gasteiger partial charge in [0.15, 0.2) is 0 Å². The van der Waals surface area contributed by atoms with E-state index in [9.17, 15) is 0 Å². The van der Waals surface area contributed by atoms with E-state index in [4.69, 9.17) is 19.1 Å². The highest BCUT2D eigenvalue weighted by atomic mass is 28.2. The minimum absolute atomic E-state index is 0.169. The highest BCUT2D eigenvalue weighted by Crippen LogP contribution is 2.13. The molecule has 58 valence electrons. The summed E-state index contributed by atoms with van der Waals surface area (Å²) in [6.45, 7) is 0. The Morgan fingerprint density at radius 1 is 0.909 bits per heavy atom. The summed E-state index contributed by atoms with van der Waals surface area (Å²) in [7, 11) is -1.42. The first-order chi connectivity index (χ1) is 5.20. The normalized spacial score (nSPS) is 7.27. The third kappa shape index (κ3) is 5.10. The lowest BCUT2D eigenvalue weighted by molar-refractivity contribution is 0.460. The van der Waals surface area contributed by atoms with Crippen molar-refractivity contribution in [3.05, 3.63) is 24.3 Å². The van der Waals surface area contributed by atoms with Crippen molar-refractivity contribution in [2.45, 2.75) is 0 Å². The molecule has 0 radical (unpaired) electrons.